The molecule has 7 nitrogen and oxygen atoms in total. The lowest BCUT2D eigenvalue weighted by molar-refractivity contribution is -0.141. The monoisotopic (exact) mass is 273 g/mol. The van der Waals surface area contributed by atoms with Gasteiger partial charge < -0.3 is 21.5 Å². The first-order chi connectivity index (χ1) is 8.75. The summed E-state index contributed by atoms with van der Waals surface area (Å²) in [7, 11) is 0. The van der Waals surface area contributed by atoms with Gasteiger partial charge in [-0.1, -0.05) is 20.8 Å². The molecule has 0 aromatic heterocycles. The van der Waals surface area contributed by atoms with Crippen LogP contribution in [0.15, 0.2) is 0 Å². The van der Waals surface area contributed by atoms with Gasteiger partial charge in [-0.3, -0.25) is 9.59 Å². The molecule has 0 spiro atoms. The van der Waals surface area contributed by atoms with Gasteiger partial charge in [0.05, 0.1) is 5.92 Å². The van der Waals surface area contributed by atoms with Crippen molar-refractivity contribution in [2.24, 2.45) is 17.6 Å². The molecule has 0 radical (unpaired) electrons. The smallest absolute Gasteiger partial charge is 0.312 e. The lowest BCUT2D eigenvalue weighted by atomic mass is 10.0. The van der Waals surface area contributed by atoms with Crippen molar-refractivity contribution in [3.05, 3.63) is 0 Å². The van der Waals surface area contributed by atoms with Gasteiger partial charge in [0.15, 0.2) is 0 Å². The van der Waals surface area contributed by atoms with E-state index >= 15 is 0 Å². The predicted octanol–water partition coefficient (Wildman–Crippen LogP) is 0.296. The molecular weight excluding hydrogens is 250 g/mol. The average molecular weight is 273 g/mol. The van der Waals surface area contributed by atoms with Crippen molar-refractivity contribution in [2.45, 2.75) is 39.7 Å². The number of amides is 3. The van der Waals surface area contributed by atoms with Crippen LogP contribution < -0.4 is 16.4 Å². The third kappa shape index (κ3) is 7.28. The maximum absolute atomic E-state index is 11.8. The molecule has 0 aromatic carbocycles. The van der Waals surface area contributed by atoms with Gasteiger partial charge in [0, 0.05) is 6.54 Å². The van der Waals surface area contributed by atoms with Gasteiger partial charge in [-0.2, -0.15) is 0 Å². The summed E-state index contributed by atoms with van der Waals surface area (Å²) in [6.07, 6.45) is 1.06. The molecule has 0 aromatic rings. The standard InChI is InChI=1S/C12H23N3O4/c1-7(2)9(15-12(13)19)10(16)14-6-4-5-8(3)11(17)18/h7-9H,4-6H2,1-3H3,(H,14,16)(H,17,18)(H3,13,15,19). The molecule has 0 bridgehead atoms. The van der Waals surface area contributed by atoms with Crippen molar-refractivity contribution in [3.8, 4) is 0 Å². The molecular formula is C12H23N3O4. The molecule has 0 heterocycles. The fourth-order valence-corrected chi connectivity index (χ4v) is 1.54. The molecule has 0 aliphatic carbocycles. The summed E-state index contributed by atoms with van der Waals surface area (Å²) >= 11 is 0. The van der Waals surface area contributed by atoms with Crippen molar-refractivity contribution in [3.63, 3.8) is 0 Å². The molecule has 2 atom stereocenters. The summed E-state index contributed by atoms with van der Waals surface area (Å²) in [5, 5.41) is 13.7. The van der Waals surface area contributed by atoms with Crippen LogP contribution in [0.1, 0.15) is 33.6 Å². The minimum absolute atomic E-state index is 0.0783. The van der Waals surface area contributed by atoms with Crippen LogP contribution in [0, 0.1) is 11.8 Å². The Morgan fingerprint density at radius 1 is 1.21 bits per heavy atom. The van der Waals surface area contributed by atoms with Gasteiger partial charge in [0.25, 0.3) is 0 Å². The van der Waals surface area contributed by atoms with Crippen LogP contribution in [0.25, 0.3) is 0 Å². The molecule has 0 aliphatic heterocycles. The van der Waals surface area contributed by atoms with Crippen LogP contribution in [0.2, 0.25) is 0 Å². The highest BCUT2D eigenvalue weighted by molar-refractivity contribution is 5.86. The fraction of sp³-hybridized carbons (Fsp3) is 0.750. The minimum Gasteiger partial charge on any atom is -0.481 e. The van der Waals surface area contributed by atoms with Gasteiger partial charge in [0.1, 0.15) is 6.04 Å². The second kappa shape index (κ2) is 8.34. The Hall–Kier alpha value is -1.79. The van der Waals surface area contributed by atoms with E-state index in [1.165, 1.54) is 0 Å². The second-order valence-electron chi connectivity index (χ2n) is 4.90. The lowest BCUT2D eigenvalue weighted by Gasteiger charge is -2.20. The molecule has 2 unspecified atom stereocenters. The van der Waals surface area contributed by atoms with Crippen LogP contribution in [0.3, 0.4) is 0 Å². The zero-order valence-electron chi connectivity index (χ0n) is 11.6. The van der Waals surface area contributed by atoms with Crippen LogP contribution in [-0.4, -0.2) is 35.6 Å². The Labute approximate surface area is 112 Å². The molecule has 0 aliphatic rings. The van der Waals surface area contributed by atoms with Gasteiger partial charge in [-0.25, -0.2) is 4.79 Å². The summed E-state index contributed by atoms with van der Waals surface area (Å²) in [6.45, 7) is 5.59. The molecule has 0 fully saturated rings. The second-order valence-corrected chi connectivity index (χ2v) is 4.90. The molecule has 19 heavy (non-hydrogen) atoms. The van der Waals surface area contributed by atoms with E-state index in [2.05, 4.69) is 10.6 Å². The quantitative estimate of drug-likeness (QED) is 0.475. The SMILES string of the molecule is CC(CCCNC(=O)C(NC(N)=O)C(C)C)C(=O)O. The summed E-state index contributed by atoms with van der Waals surface area (Å²) < 4.78 is 0. The van der Waals surface area contributed by atoms with Crippen molar-refractivity contribution < 1.29 is 19.5 Å². The van der Waals surface area contributed by atoms with E-state index in [0.29, 0.717) is 19.4 Å². The lowest BCUT2D eigenvalue weighted by Crippen LogP contribution is -2.51. The summed E-state index contributed by atoms with van der Waals surface area (Å²) in [6, 6.07) is -1.41. The number of carboxylic acids is 1. The fourth-order valence-electron chi connectivity index (χ4n) is 1.54. The van der Waals surface area contributed by atoms with E-state index in [-0.39, 0.29) is 11.8 Å². The van der Waals surface area contributed by atoms with E-state index in [4.69, 9.17) is 10.8 Å². The average Bonchev–Trinajstić information content (AvgIpc) is 2.30. The number of hydrogen-bond acceptors (Lipinski definition) is 3. The number of nitrogens with one attached hydrogen (secondary N) is 2. The number of hydrogen-bond donors (Lipinski definition) is 4. The third-order valence-electron chi connectivity index (χ3n) is 2.78. The number of aliphatic carboxylic acids is 1. The number of carbonyl (C=O) groups excluding carboxylic acids is 2. The van der Waals surface area contributed by atoms with Gasteiger partial charge >= 0.3 is 12.0 Å². The normalized spacial score (nSPS) is 13.7. The van der Waals surface area contributed by atoms with Crippen molar-refractivity contribution >= 4 is 17.9 Å². The van der Waals surface area contributed by atoms with Crippen molar-refractivity contribution in [1.82, 2.24) is 10.6 Å². The van der Waals surface area contributed by atoms with E-state index in [0.717, 1.165) is 0 Å². The maximum Gasteiger partial charge on any atom is 0.312 e. The van der Waals surface area contributed by atoms with Crippen LogP contribution in [-0.2, 0) is 9.59 Å². The van der Waals surface area contributed by atoms with Crippen LogP contribution in [0.5, 0.6) is 0 Å². The van der Waals surface area contributed by atoms with Crippen LogP contribution >= 0.6 is 0 Å². The van der Waals surface area contributed by atoms with E-state index in [1.54, 1.807) is 20.8 Å². The van der Waals surface area contributed by atoms with E-state index in [9.17, 15) is 14.4 Å². The predicted molar refractivity (Wildman–Crippen MR) is 70.4 cm³/mol. The first-order valence-electron chi connectivity index (χ1n) is 6.32. The highest BCUT2D eigenvalue weighted by Crippen LogP contribution is 2.05. The zero-order chi connectivity index (χ0) is 15.0. The number of nitrogens with two attached hydrogens (primary N) is 1. The van der Waals surface area contributed by atoms with Gasteiger partial charge in [-0.15, -0.1) is 0 Å². The molecule has 110 valence electrons. The van der Waals surface area contributed by atoms with E-state index < -0.39 is 24.0 Å². The van der Waals surface area contributed by atoms with E-state index in [1.807, 2.05) is 0 Å². The Bertz CT molecular complexity index is 331. The Morgan fingerprint density at radius 2 is 1.79 bits per heavy atom. The minimum atomic E-state index is -0.846. The van der Waals surface area contributed by atoms with Crippen LogP contribution in [0.4, 0.5) is 4.79 Å². The largest absolute Gasteiger partial charge is 0.481 e. The Balaban J connectivity index is 4.07. The molecule has 0 rings (SSSR count). The number of urea groups is 1. The maximum atomic E-state index is 11.8. The molecule has 7 heteroatoms. The number of primary amides is 1. The number of rotatable bonds is 8. The first-order valence-corrected chi connectivity index (χ1v) is 6.32. The summed E-state index contributed by atoms with van der Waals surface area (Å²) in [5.74, 6) is -1.66. The number of carbonyl (C=O) groups is 3. The molecule has 0 saturated heterocycles. The highest BCUT2D eigenvalue weighted by Gasteiger charge is 2.22. The topological polar surface area (TPSA) is 122 Å². The Morgan fingerprint density at radius 3 is 2.21 bits per heavy atom. The Kier molecular flexibility index (Phi) is 7.55. The molecule has 0 saturated carbocycles. The zero-order valence-corrected chi connectivity index (χ0v) is 11.6. The number of carboxylic acid groups (broad SMARTS) is 1. The summed E-state index contributed by atoms with van der Waals surface area (Å²) in [5.41, 5.74) is 5.00. The van der Waals surface area contributed by atoms with Gasteiger partial charge in [-0.05, 0) is 18.8 Å². The van der Waals surface area contributed by atoms with Gasteiger partial charge in [0.2, 0.25) is 5.91 Å². The third-order valence-corrected chi connectivity index (χ3v) is 2.78. The summed E-state index contributed by atoms with van der Waals surface area (Å²) in [4.78, 5) is 33.2. The molecule has 3 amide bonds. The first kappa shape index (κ1) is 17.2. The highest BCUT2D eigenvalue weighted by atomic mass is 16.4. The van der Waals surface area contributed by atoms with Crippen molar-refractivity contribution in [2.75, 3.05) is 6.54 Å². The molecule has 5 N–H and O–H groups in total. The van der Waals surface area contributed by atoms with Crippen molar-refractivity contribution in [1.29, 1.82) is 0 Å².